The minimum atomic E-state index is -3.45. The first kappa shape index (κ1) is 23.8. The number of aromatic nitrogens is 1. The van der Waals surface area contributed by atoms with Crippen LogP contribution in [0.2, 0.25) is 0 Å². The Hall–Kier alpha value is -1.24. The Bertz CT molecular complexity index is 866. The molecule has 0 saturated heterocycles. The lowest BCUT2D eigenvalue weighted by Gasteiger charge is -2.12. The molecule has 1 heterocycles. The number of rotatable bonds is 7. The van der Waals surface area contributed by atoms with Crippen molar-refractivity contribution in [2.24, 2.45) is 4.99 Å². The molecular formula is C17H26IN5O2S2. The lowest BCUT2D eigenvalue weighted by molar-refractivity contribution is 0.588. The van der Waals surface area contributed by atoms with Gasteiger partial charge in [-0.25, -0.2) is 18.1 Å². The highest BCUT2D eigenvalue weighted by atomic mass is 127. The quantitative estimate of drug-likeness (QED) is 0.295. The smallest absolute Gasteiger partial charge is 0.240 e. The summed E-state index contributed by atoms with van der Waals surface area (Å²) in [7, 11) is -0.355. The molecule has 10 heteroatoms. The summed E-state index contributed by atoms with van der Waals surface area (Å²) in [6, 6.07) is 6.80. The Labute approximate surface area is 182 Å². The molecule has 2 rings (SSSR count). The monoisotopic (exact) mass is 523 g/mol. The number of hydrogen-bond donors (Lipinski definition) is 3. The van der Waals surface area contributed by atoms with Crippen molar-refractivity contribution in [2.45, 2.75) is 37.8 Å². The Morgan fingerprint density at radius 3 is 2.56 bits per heavy atom. The molecule has 0 atom stereocenters. The molecule has 0 aliphatic carbocycles. The van der Waals surface area contributed by atoms with Gasteiger partial charge >= 0.3 is 0 Å². The van der Waals surface area contributed by atoms with Crippen molar-refractivity contribution in [3.63, 3.8) is 0 Å². The third-order valence-corrected chi connectivity index (χ3v) is 6.01. The maximum absolute atomic E-state index is 11.9. The molecule has 0 fully saturated rings. The Kier molecular flexibility index (Phi) is 9.63. The van der Waals surface area contributed by atoms with Gasteiger partial charge in [0, 0.05) is 19.0 Å². The molecule has 0 aliphatic heterocycles. The first-order valence-corrected chi connectivity index (χ1v) is 10.6. The molecule has 0 aliphatic rings. The van der Waals surface area contributed by atoms with E-state index in [9.17, 15) is 8.42 Å². The van der Waals surface area contributed by atoms with Crippen LogP contribution < -0.4 is 15.4 Å². The van der Waals surface area contributed by atoms with Crippen LogP contribution in [0.5, 0.6) is 0 Å². The molecule has 150 valence electrons. The second-order valence-electron chi connectivity index (χ2n) is 5.96. The highest BCUT2D eigenvalue weighted by Gasteiger charge is 2.11. The largest absolute Gasteiger partial charge is 0.352 e. The number of halogens is 1. The summed E-state index contributed by atoms with van der Waals surface area (Å²) in [6.45, 7) is 5.29. The minimum absolute atomic E-state index is 0. The van der Waals surface area contributed by atoms with E-state index < -0.39 is 10.0 Å². The van der Waals surface area contributed by atoms with Crippen molar-refractivity contribution >= 4 is 51.3 Å². The highest BCUT2D eigenvalue weighted by Crippen LogP contribution is 2.17. The van der Waals surface area contributed by atoms with E-state index in [4.69, 9.17) is 0 Å². The number of sulfonamides is 1. The maximum Gasteiger partial charge on any atom is 0.240 e. The number of benzene rings is 1. The molecule has 2 aromatic rings. The summed E-state index contributed by atoms with van der Waals surface area (Å²) < 4.78 is 26.1. The predicted molar refractivity (Wildman–Crippen MR) is 121 cm³/mol. The van der Waals surface area contributed by atoms with E-state index in [1.807, 2.05) is 6.07 Å². The molecule has 1 aromatic carbocycles. The Balaban J connectivity index is 0.00000364. The van der Waals surface area contributed by atoms with Crippen LogP contribution in [0, 0.1) is 0 Å². The summed E-state index contributed by atoms with van der Waals surface area (Å²) in [5.41, 5.74) is 1.94. The van der Waals surface area contributed by atoms with Crippen LogP contribution in [0.25, 0.3) is 0 Å². The van der Waals surface area contributed by atoms with Crippen molar-refractivity contribution in [3.8, 4) is 0 Å². The fourth-order valence-corrected chi connectivity index (χ4v) is 3.87. The van der Waals surface area contributed by atoms with Crippen LogP contribution in [0.3, 0.4) is 0 Å². The Morgan fingerprint density at radius 1 is 1.26 bits per heavy atom. The number of guanidine groups is 1. The van der Waals surface area contributed by atoms with Crippen molar-refractivity contribution in [1.82, 2.24) is 20.3 Å². The van der Waals surface area contributed by atoms with Gasteiger partial charge in [-0.1, -0.05) is 26.0 Å². The lowest BCUT2D eigenvalue weighted by Crippen LogP contribution is -2.36. The molecule has 0 radical (unpaired) electrons. The van der Waals surface area contributed by atoms with E-state index in [0.29, 0.717) is 25.0 Å². The molecule has 0 unspecified atom stereocenters. The zero-order chi connectivity index (χ0) is 19.2. The van der Waals surface area contributed by atoms with E-state index in [1.165, 1.54) is 7.05 Å². The van der Waals surface area contributed by atoms with Gasteiger partial charge in [-0.2, -0.15) is 0 Å². The SMILES string of the molecule is CN=C(NCc1cccc(S(=O)(=O)NC)c1)NCc1nc(C(C)C)cs1.I. The van der Waals surface area contributed by atoms with Gasteiger partial charge in [0.15, 0.2) is 5.96 Å². The van der Waals surface area contributed by atoms with Crippen LogP contribution in [0.1, 0.15) is 36.0 Å². The topological polar surface area (TPSA) is 95.5 Å². The second kappa shape index (κ2) is 10.9. The number of hydrogen-bond acceptors (Lipinski definition) is 5. The zero-order valence-electron chi connectivity index (χ0n) is 15.8. The van der Waals surface area contributed by atoms with Crippen LogP contribution in [-0.4, -0.2) is 33.5 Å². The standard InChI is InChI=1S/C17H25N5O2S2.HI/c1-12(2)15-11-25-16(22-15)10-21-17(18-3)20-9-13-6-5-7-14(8-13)26(23,24)19-4;/h5-8,11-12,19H,9-10H2,1-4H3,(H2,18,20,21);1H. The zero-order valence-corrected chi connectivity index (χ0v) is 19.8. The van der Waals surface area contributed by atoms with Crippen LogP contribution in [0.15, 0.2) is 39.5 Å². The highest BCUT2D eigenvalue weighted by molar-refractivity contribution is 14.0. The molecule has 7 nitrogen and oxygen atoms in total. The third-order valence-electron chi connectivity index (χ3n) is 3.73. The van der Waals surface area contributed by atoms with Crippen molar-refractivity contribution in [1.29, 1.82) is 0 Å². The fraction of sp³-hybridized carbons (Fsp3) is 0.412. The molecule has 0 spiro atoms. The lowest BCUT2D eigenvalue weighted by atomic mass is 10.2. The average Bonchev–Trinajstić information content (AvgIpc) is 3.11. The van der Waals surface area contributed by atoms with E-state index in [0.717, 1.165) is 16.3 Å². The van der Waals surface area contributed by atoms with E-state index in [1.54, 1.807) is 36.6 Å². The summed E-state index contributed by atoms with van der Waals surface area (Å²) in [5, 5.41) is 9.48. The molecule has 0 bridgehead atoms. The normalized spacial score (nSPS) is 12.0. The summed E-state index contributed by atoms with van der Waals surface area (Å²) in [4.78, 5) is 9.01. The molecule has 0 saturated carbocycles. The first-order chi connectivity index (χ1) is 12.4. The van der Waals surface area contributed by atoms with Crippen molar-refractivity contribution in [3.05, 3.63) is 45.9 Å². The van der Waals surface area contributed by atoms with Gasteiger partial charge in [0.05, 0.1) is 17.1 Å². The van der Waals surface area contributed by atoms with Gasteiger partial charge in [-0.3, -0.25) is 4.99 Å². The maximum atomic E-state index is 11.9. The number of aliphatic imine (C=N–C) groups is 1. The van der Waals surface area contributed by atoms with Gasteiger partial charge in [-0.05, 0) is 30.7 Å². The predicted octanol–water partition coefficient (Wildman–Crippen LogP) is 2.66. The average molecular weight is 523 g/mol. The van der Waals surface area contributed by atoms with E-state index in [-0.39, 0.29) is 28.9 Å². The van der Waals surface area contributed by atoms with Gasteiger partial charge in [0.1, 0.15) is 5.01 Å². The van der Waals surface area contributed by atoms with Crippen LogP contribution >= 0.6 is 35.3 Å². The van der Waals surface area contributed by atoms with Gasteiger partial charge in [0.25, 0.3) is 0 Å². The summed E-state index contributed by atoms with van der Waals surface area (Å²) in [5.74, 6) is 1.05. The molecule has 3 N–H and O–H groups in total. The van der Waals surface area contributed by atoms with E-state index in [2.05, 4.69) is 44.6 Å². The Morgan fingerprint density at radius 2 is 1.96 bits per heavy atom. The van der Waals surface area contributed by atoms with Gasteiger partial charge < -0.3 is 10.6 Å². The van der Waals surface area contributed by atoms with Gasteiger partial charge in [0.2, 0.25) is 10.0 Å². The van der Waals surface area contributed by atoms with Crippen LogP contribution in [0.4, 0.5) is 0 Å². The molecular weight excluding hydrogens is 497 g/mol. The second-order valence-corrected chi connectivity index (χ2v) is 8.78. The first-order valence-electron chi connectivity index (χ1n) is 8.27. The van der Waals surface area contributed by atoms with Gasteiger partial charge in [-0.15, -0.1) is 35.3 Å². The van der Waals surface area contributed by atoms with Crippen LogP contribution in [-0.2, 0) is 23.1 Å². The third kappa shape index (κ3) is 7.01. The number of nitrogens with zero attached hydrogens (tertiary/aromatic N) is 2. The number of nitrogens with one attached hydrogen (secondary N) is 3. The molecule has 27 heavy (non-hydrogen) atoms. The fourth-order valence-electron chi connectivity index (χ4n) is 2.18. The van der Waals surface area contributed by atoms with Crippen molar-refractivity contribution < 1.29 is 8.42 Å². The minimum Gasteiger partial charge on any atom is -0.352 e. The molecule has 0 amide bonds. The summed E-state index contributed by atoms with van der Waals surface area (Å²) in [6.07, 6.45) is 0. The van der Waals surface area contributed by atoms with E-state index >= 15 is 0 Å². The summed E-state index contributed by atoms with van der Waals surface area (Å²) >= 11 is 1.62. The number of thiazole rings is 1. The molecule has 1 aromatic heterocycles. The van der Waals surface area contributed by atoms with Crippen molar-refractivity contribution in [2.75, 3.05) is 14.1 Å².